The third-order valence-electron chi connectivity index (χ3n) is 5.11. The fraction of sp³-hybridized carbons (Fsp3) is 0.500. The van der Waals surface area contributed by atoms with Crippen molar-refractivity contribution in [2.75, 3.05) is 12.7 Å². The lowest BCUT2D eigenvalue weighted by Gasteiger charge is -2.26. The second kappa shape index (κ2) is 13.2. The number of phenolic OH excluding ortho intramolecular Hbond substituents is 1. The molecule has 0 fully saturated rings. The lowest BCUT2D eigenvalue weighted by Crippen LogP contribution is -2.42. The van der Waals surface area contributed by atoms with E-state index >= 15 is 0 Å². The van der Waals surface area contributed by atoms with E-state index in [-0.39, 0.29) is 24.8 Å². The van der Waals surface area contributed by atoms with Crippen molar-refractivity contribution in [3.8, 4) is 5.75 Å². The second-order valence-corrected chi connectivity index (χ2v) is 13.2. The van der Waals surface area contributed by atoms with Gasteiger partial charge in [0.2, 0.25) is 7.37 Å². The van der Waals surface area contributed by atoms with Gasteiger partial charge in [0.15, 0.2) is 0 Å². The first-order valence-electron chi connectivity index (χ1n) is 10.6. The number of benzene rings is 1. The molecule has 1 aromatic rings. The zero-order chi connectivity index (χ0) is 25.2. The van der Waals surface area contributed by atoms with E-state index in [0.29, 0.717) is 5.56 Å². The Bertz CT molecular complexity index is 932. The fourth-order valence-corrected chi connectivity index (χ4v) is 6.95. The van der Waals surface area contributed by atoms with Gasteiger partial charge in [-0.3, -0.25) is 13.9 Å². The lowest BCUT2D eigenvalue weighted by atomic mass is 10.1. The van der Waals surface area contributed by atoms with Crippen LogP contribution in [-0.2, 0) is 20.3 Å². The number of aromatic hydroxyl groups is 1. The molecule has 2 unspecified atom stereocenters. The van der Waals surface area contributed by atoms with Crippen LogP contribution in [0.25, 0.3) is 0 Å². The normalized spacial score (nSPS) is 16.0. The number of hydrogen-bond donors (Lipinski definition) is 6. The van der Waals surface area contributed by atoms with Crippen molar-refractivity contribution < 1.29 is 38.8 Å². The smallest absolute Gasteiger partial charge is 0.339 e. The Labute approximate surface area is 194 Å². The highest BCUT2D eigenvalue weighted by atomic mass is 31.2. The predicted octanol–water partition coefficient (Wildman–Crippen LogP) is 3.83. The molecule has 33 heavy (non-hydrogen) atoms. The van der Waals surface area contributed by atoms with Crippen LogP contribution in [0.4, 0.5) is 0 Å². The van der Waals surface area contributed by atoms with Crippen LogP contribution in [0.15, 0.2) is 47.6 Å². The molecule has 0 heterocycles. The SMILES string of the molecule is CC(C)=CCC/C(C)=C/CCP(=O)(O)C(CN[C@@H](Cc1ccc(O)cc1)C(=O)O)P(=O)(O)O. The second-order valence-electron chi connectivity index (χ2n) is 8.38. The molecule has 0 spiro atoms. The van der Waals surface area contributed by atoms with Gasteiger partial charge in [-0.1, -0.05) is 35.4 Å². The van der Waals surface area contributed by atoms with Crippen LogP contribution in [0.3, 0.4) is 0 Å². The highest BCUT2D eigenvalue weighted by Crippen LogP contribution is 2.62. The van der Waals surface area contributed by atoms with Gasteiger partial charge in [-0.05, 0) is 64.2 Å². The number of nitrogens with one attached hydrogen (secondary N) is 1. The molecule has 0 aromatic heterocycles. The number of carbonyl (C=O) groups is 1. The van der Waals surface area contributed by atoms with Crippen molar-refractivity contribution in [2.45, 2.75) is 57.9 Å². The molecular weight excluding hydrogens is 468 g/mol. The summed E-state index contributed by atoms with van der Waals surface area (Å²) in [6.07, 6.45) is 5.32. The topological polar surface area (TPSA) is 164 Å². The van der Waals surface area contributed by atoms with Crippen LogP contribution in [-0.4, -0.2) is 55.0 Å². The molecular formula is C22H35NO8P2. The Kier molecular flexibility index (Phi) is 11.7. The summed E-state index contributed by atoms with van der Waals surface area (Å²) in [5, 5.41) is 19.4. The highest BCUT2D eigenvalue weighted by molar-refractivity contribution is 7.74. The molecule has 0 radical (unpaired) electrons. The third-order valence-corrected chi connectivity index (χ3v) is 10.1. The van der Waals surface area contributed by atoms with Crippen molar-refractivity contribution in [2.24, 2.45) is 0 Å². The Morgan fingerprint density at radius 2 is 1.64 bits per heavy atom. The molecule has 0 saturated carbocycles. The Hall–Kier alpha value is -1.73. The van der Waals surface area contributed by atoms with E-state index in [4.69, 9.17) is 0 Å². The van der Waals surface area contributed by atoms with Crippen molar-refractivity contribution in [3.05, 3.63) is 53.1 Å². The predicted molar refractivity (Wildman–Crippen MR) is 129 cm³/mol. The third kappa shape index (κ3) is 11.3. The van der Waals surface area contributed by atoms with Crippen LogP contribution >= 0.6 is 15.0 Å². The Balaban J connectivity index is 2.83. The molecule has 3 atom stereocenters. The van der Waals surface area contributed by atoms with Gasteiger partial charge in [-0.2, -0.15) is 0 Å². The molecule has 0 aliphatic rings. The number of rotatable bonds is 14. The number of allylic oxidation sites excluding steroid dienone is 4. The van der Waals surface area contributed by atoms with Crippen LogP contribution in [0.5, 0.6) is 5.75 Å². The number of aliphatic carboxylic acids is 1. The van der Waals surface area contributed by atoms with E-state index in [1.807, 2.05) is 20.8 Å². The van der Waals surface area contributed by atoms with Crippen molar-refractivity contribution in [3.63, 3.8) is 0 Å². The van der Waals surface area contributed by atoms with Gasteiger partial charge in [0, 0.05) is 12.7 Å². The Morgan fingerprint density at radius 1 is 1.03 bits per heavy atom. The average Bonchev–Trinajstić information content (AvgIpc) is 2.67. The van der Waals surface area contributed by atoms with E-state index in [9.17, 15) is 38.8 Å². The van der Waals surface area contributed by atoms with Crippen LogP contribution in [0.1, 0.15) is 45.6 Å². The Morgan fingerprint density at radius 3 is 2.15 bits per heavy atom. The minimum atomic E-state index is -5.00. The minimum absolute atomic E-state index is 0.0163. The lowest BCUT2D eigenvalue weighted by molar-refractivity contribution is -0.139. The maximum Gasteiger partial charge on any atom is 0.339 e. The summed E-state index contributed by atoms with van der Waals surface area (Å²) in [5.41, 5.74) is 2.78. The molecule has 1 rings (SSSR count). The minimum Gasteiger partial charge on any atom is -0.508 e. The maximum absolute atomic E-state index is 12.8. The standard InChI is InChI=1S/C22H35NO8P2/c1-16(2)6-4-7-17(3)8-5-13-32(27,28)21(33(29,30)31)15-23-20(22(25)26)14-18-9-11-19(24)12-10-18/h6,8-12,20-21,23-24H,4-5,7,13-15H2,1-3H3,(H,25,26)(H,27,28)(H2,29,30,31)/b17-8+/t20-,21?/m0/s1. The van der Waals surface area contributed by atoms with E-state index in [0.717, 1.165) is 18.4 Å². The van der Waals surface area contributed by atoms with Crippen LogP contribution in [0, 0.1) is 0 Å². The summed E-state index contributed by atoms with van der Waals surface area (Å²) in [4.78, 5) is 41.5. The first-order chi connectivity index (χ1) is 15.2. The molecule has 0 amide bonds. The number of phenols is 1. The monoisotopic (exact) mass is 503 g/mol. The van der Waals surface area contributed by atoms with Crippen molar-refractivity contribution in [1.82, 2.24) is 5.32 Å². The van der Waals surface area contributed by atoms with E-state index in [1.54, 1.807) is 6.08 Å². The molecule has 11 heteroatoms. The van der Waals surface area contributed by atoms with Crippen molar-refractivity contribution >= 4 is 20.9 Å². The summed E-state index contributed by atoms with van der Waals surface area (Å²) in [6, 6.07) is 4.60. The van der Waals surface area contributed by atoms with Gasteiger partial charge in [-0.15, -0.1) is 0 Å². The summed E-state index contributed by atoms with van der Waals surface area (Å²) in [5.74, 6) is -1.25. The van der Waals surface area contributed by atoms with Crippen molar-refractivity contribution in [1.29, 1.82) is 0 Å². The van der Waals surface area contributed by atoms with Crippen LogP contribution < -0.4 is 5.32 Å². The van der Waals surface area contributed by atoms with Gasteiger partial charge in [-0.25, -0.2) is 0 Å². The molecule has 9 nitrogen and oxygen atoms in total. The molecule has 0 saturated heterocycles. The molecule has 0 aliphatic carbocycles. The highest BCUT2D eigenvalue weighted by Gasteiger charge is 2.43. The fourth-order valence-electron chi connectivity index (χ4n) is 3.19. The summed E-state index contributed by atoms with van der Waals surface area (Å²) >= 11 is 0. The number of hydrogen-bond acceptors (Lipinski definition) is 5. The molecule has 0 aliphatic heterocycles. The summed E-state index contributed by atoms with van der Waals surface area (Å²) < 4.78 is 24.8. The first kappa shape index (κ1) is 29.3. The quantitative estimate of drug-likeness (QED) is 0.163. The average molecular weight is 503 g/mol. The zero-order valence-electron chi connectivity index (χ0n) is 19.2. The van der Waals surface area contributed by atoms with Gasteiger partial charge in [0.05, 0.1) is 0 Å². The summed E-state index contributed by atoms with van der Waals surface area (Å²) in [6.45, 7) is 5.26. The van der Waals surface area contributed by atoms with Gasteiger partial charge in [0.25, 0.3) is 0 Å². The van der Waals surface area contributed by atoms with Crippen LogP contribution in [0.2, 0.25) is 0 Å². The van der Waals surface area contributed by atoms with Gasteiger partial charge < -0.3 is 30.2 Å². The maximum atomic E-state index is 12.8. The molecule has 6 N–H and O–H groups in total. The first-order valence-corrected chi connectivity index (χ1v) is 14.2. The summed E-state index contributed by atoms with van der Waals surface area (Å²) in [7, 11) is -9.30. The van der Waals surface area contributed by atoms with Gasteiger partial charge >= 0.3 is 13.6 Å². The molecule has 0 bridgehead atoms. The van der Waals surface area contributed by atoms with E-state index < -0.39 is 38.9 Å². The number of carboxylic acids is 1. The molecule has 1 aromatic carbocycles. The number of carboxylic acid groups (broad SMARTS) is 1. The van der Waals surface area contributed by atoms with E-state index in [2.05, 4.69) is 11.4 Å². The molecule has 186 valence electrons. The zero-order valence-corrected chi connectivity index (χ0v) is 21.0. The largest absolute Gasteiger partial charge is 0.508 e. The van der Waals surface area contributed by atoms with E-state index in [1.165, 1.54) is 29.8 Å². The van der Waals surface area contributed by atoms with Gasteiger partial charge in [0.1, 0.15) is 17.2 Å².